The van der Waals surface area contributed by atoms with Crippen molar-refractivity contribution in [2.24, 2.45) is 0 Å². The molecule has 0 aliphatic carbocycles. The maximum absolute atomic E-state index is 13.4. The first-order chi connectivity index (χ1) is 13.9. The maximum Gasteiger partial charge on any atom is 0.158 e. The van der Waals surface area contributed by atoms with Crippen molar-refractivity contribution in [2.45, 2.75) is 78.8 Å². The monoisotopic (exact) mass is 394 g/mol. The van der Waals surface area contributed by atoms with Gasteiger partial charge in [0.2, 0.25) is 0 Å². The van der Waals surface area contributed by atoms with E-state index in [4.69, 9.17) is 0 Å². The predicted octanol–water partition coefficient (Wildman–Crippen LogP) is 7.59. The number of allylic oxidation sites excluding steroid dienone is 2. The van der Waals surface area contributed by atoms with Crippen LogP contribution in [0.2, 0.25) is 0 Å². The summed E-state index contributed by atoms with van der Waals surface area (Å²) in [7, 11) is 0. The Labute approximate surface area is 176 Å². The number of rotatable bonds is 11. The van der Waals surface area contributed by atoms with Gasteiger partial charge in [-0.05, 0) is 86.3 Å². The summed E-state index contributed by atoms with van der Waals surface area (Å²) in [5.41, 5.74) is 7.03. The minimum atomic E-state index is -0.657. The quantitative estimate of drug-likeness (QED) is 0.283. The van der Waals surface area contributed by atoms with Gasteiger partial charge in [-0.15, -0.1) is 0 Å². The van der Waals surface area contributed by atoms with Gasteiger partial charge in [0.1, 0.15) is 0 Å². The smallest absolute Gasteiger partial charge is 0.158 e. The number of carbonyl (C=O) groups excluding carboxylic acids is 1. The molecule has 1 nitrogen and oxygen atoms in total. The van der Waals surface area contributed by atoms with Gasteiger partial charge >= 0.3 is 0 Å². The Morgan fingerprint density at radius 2 is 1.83 bits per heavy atom. The molecule has 0 fully saturated rings. The van der Waals surface area contributed by atoms with Gasteiger partial charge < -0.3 is 0 Å². The van der Waals surface area contributed by atoms with Crippen LogP contribution >= 0.6 is 0 Å². The number of hydrogen-bond donors (Lipinski definition) is 0. The first kappa shape index (κ1) is 23.1. The van der Waals surface area contributed by atoms with Crippen molar-refractivity contribution >= 4 is 5.78 Å². The highest BCUT2D eigenvalue weighted by Crippen LogP contribution is 2.27. The summed E-state index contributed by atoms with van der Waals surface area (Å²) in [6, 6.07) is 15.2. The summed E-state index contributed by atoms with van der Waals surface area (Å²) in [6.45, 7) is 7.82. The van der Waals surface area contributed by atoms with Crippen LogP contribution in [0.25, 0.3) is 11.1 Å². The number of hydrogen-bond acceptors (Lipinski definition) is 1. The molecule has 0 heterocycles. The molecule has 29 heavy (non-hydrogen) atoms. The average Bonchev–Trinajstić information content (AvgIpc) is 2.75. The second kappa shape index (κ2) is 11.7. The van der Waals surface area contributed by atoms with Gasteiger partial charge in [-0.3, -0.25) is 4.79 Å². The van der Waals surface area contributed by atoms with E-state index in [0.29, 0.717) is 19.3 Å². The number of Topliss-reactive ketones (excluding diaryl/α,β-unsaturated/α-hetero) is 1. The van der Waals surface area contributed by atoms with E-state index in [1.54, 1.807) is 0 Å². The molecule has 2 rings (SSSR count). The summed E-state index contributed by atoms with van der Waals surface area (Å²) < 4.78 is 13.4. The molecule has 1 atom stereocenters. The maximum atomic E-state index is 13.4. The molecule has 0 spiro atoms. The fourth-order valence-electron chi connectivity index (χ4n) is 3.55. The molecule has 0 aliphatic heterocycles. The zero-order valence-electron chi connectivity index (χ0n) is 18.4. The molecule has 0 aliphatic rings. The highest BCUT2D eigenvalue weighted by molar-refractivity contribution is 5.94. The summed E-state index contributed by atoms with van der Waals surface area (Å²) in [6.07, 6.45) is 6.77. The van der Waals surface area contributed by atoms with Crippen LogP contribution in [0.1, 0.15) is 69.6 Å². The van der Waals surface area contributed by atoms with Crippen molar-refractivity contribution in [1.82, 2.24) is 0 Å². The van der Waals surface area contributed by atoms with Gasteiger partial charge in [0.25, 0.3) is 0 Å². The van der Waals surface area contributed by atoms with Crippen LogP contribution in [0, 0.1) is 6.92 Å². The number of aryl methyl sites for hydroxylation is 3. The van der Waals surface area contributed by atoms with Gasteiger partial charge in [-0.25, -0.2) is 4.39 Å². The van der Waals surface area contributed by atoms with Crippen molar-refractivity contribution < 1.29 is 9.18 Å². The van der Waals surface area contributed by atoms with E-state index in [0.717, 1.165) is 31.3 Å². The minimum absolute atomic E-state index is 0.218. The molecule has 0 aromatic heterocycles. The number of ketones is 1. The van der Waals surface area contributed by atoms with Crippen LogP contribution in [0.4, 0.5) is 4.39 Å². The largest absolute Gasteiger partial charge is 0.295 e. The molecule has 2 aromatic carbocycles. The summed E-state index contributed by atoms with van der Waals surface area (Å²) >= 11 is 0. The summed E-state index contributed by atoms with van der Waals surface area (Å²) in [5.74, 6) is 0.218. The Hall–Kier alpha value is -2.22. The lowest BCUT2D eigenvalue weighted by atomic mass is 9.94. The number of carbonyl (C=O) groups is 1. The van der Waals surface area contributed by atoms with E-state index in [1.165, 1.54) is 27.8 Å². The molecule has 0 saturated heterocycles. The molecule has 2 heteroatoms. The van der Waals surface area contributed by atoms with Crippen molar-refractivity contribution in [3.05, 3.63) is 70.8 Å². The van der Waals surface area contributed by atoms with E-state index in [9.17, 15) is 9.18 Å². The van der Waals surface area contributed by atoms with E-state index in [-0.39, 0.29) is 5.78 Å². The molecule has 0 N–H and O–H groups in total. The molecular weight excluding hydrogens is 359 g/mol. The van der Waals surface area contributed by atoms with Crippen LogP contribution in [-0.2, 0) is 17.6 Å². The van der Waals surface area contributed by atoms with Gasteiger partial charge in [0, 0.05) is 6.42 Å². The number of unbranched alkanes of at least 4 members (excludes halogenated alkanes) is 1. The van der Waals surface area contributed by atoms with Crippen LogP contribution in [0.3, 0.4) is 0 Å². The third-order valence-corrected chi connectivity index (χ3v) is 5.73. The molecule has 0 radical (unpaired) electrons. The van der Waals surface area contributed by atoms with E-state index < -0.39 is 6.17 Å². The van der Waals surface area contributed by atoms with Crippen LogP contribution in [0.5, 0.6) is 0 Å². The highest BCUT2D eigenvalue weighted by Gasteiger charge is 2.08. The van der Waals surface area contributed by atoms with Gasteiger partial charge in [-0.1, -0.05) is 61.9 Å². The molecule has 1 unspecified atom stereocenters. The Balaban J connectivity index is 2.06. The Morgan fingerprint density at radius 3 is 2.55 bits per heavy atom. The summed E-state index contributed by atoms with van der Waals surface area (Å²) in [5, 5.41) is 0. The Morgan fingerprint density at radius 1 is 1.07 bits per heavy atom. The molecule has 2 aromatic rings. The van der Waals surface area contributed by atoms with Gasteiger partial charge in [0.05, 0.1) is 6.17 Å². The zero-order valence-corrected chi connectivity index (χ0v) is 18.4. The standard InChI is InChI=1S/C27H35FO/c1-5-20(3)27(29)17-16-23-15-14-21(4)26(19-23)24-12-9-11-22(18-24)10-7-8-13-25(28)6-2/h5,9,11-12,14-15,18-19,25H,6-8,10,13,16-17H2,1-4H3/b20-5+. The SMILES string of the molecule is C/C=C(\C)C(=O)CCc1ccc(C)c(-c2cccc(CCCCC(F)CC)c2)c1. The van der Waals surface area contributed by atoms with E-state index >= 15 is 0 Å². The van der Waals surface area contributed by atoms with Crippen molar-refractivity contribution in [3.63, 3.8) is 0 Å². The molecule has 0 amide bonds. The molecular formula is C27H35FO. The second-order valence-electron chi connectivity index (χ2n) is 8.00. The fourth-order valence-corrected chi connectivity index (χ4v) is 3.55. The first-order valence-corrected chi connectivity index (χ1v) is 10.9. The number of alkyl halides is 1. The van der Waals surface area contributed by atoms with Crippen molar-refractivity contribution in [2.75, 3.05) is 0 Å². The third kappa shape index (κ3) is 7.27. The van der Waals surface area contributed by atoms with E-state index in [2.05, 4.69) is 49.4 Å². The molecule has 0 saturated carbocycles. The lowest BCUT2D eigenvalue weighted by Gasteiger charge is -2.11. The minimum Gasteiger partial charge on any atom is -0.295 e. The lowest BCUT2D eigenvalue weighted by molar-refractivity contribution is -0.115. The number of halogens is 1. The predicted molar refractivity (Wildman–Crippen MR) is 122 cm³/mol. The number of benzene rings is 2. The summed E-state index contributed by atoms with van der Waals surface area (Å²) in [4.78, 5) is 12.1. The normalized spacial score (nSPS) is 12.8. The fraction of sp³-hybridized carbons (Fsp3) is 0.444. The Kier molecular flexibility index (Phi) is 9.31. The van der Waals surface area contributed by atoms with Gasteiger partial charge in [0.15, 0.2) is 5.78 Å². The highest BCUT2D eigenvalue weighted by atomic mass is 19.1. The molecule has 156 valence electrons. The van der Waals surface area contributed by atoms with Gasteiger partial charge in [-0.2, -0.15) is 0 Å². The van der Waals surface area contributed by atoms with Crippen LogP contribution in [0.15, 0.2) is 54.1 Å². The Bertz CT molecular complexity index is 834. The van der Waals surface area contributed by atoms with Crippen molar-refractivity contribution in [1.29, 1.82) is 0 Å². The van der Waals surface area contributed by atoms with Crippen molar-refractivity contribution in [3.8, 4) is 11.1 Å². The second-order valence-corrected chi connectivity index (χ2v) is 8.00. The average molecular weight is 395 g/mol. The zero-order chi connectivity index (χ0) is 21.2. The van der Waals surface area contributed by atoms with E-state index in [1.807, 2.05) is 26.8 Å². The van der Waals surface area contributed by atoms with Crippen LogP contribution < -0.4 is 0 Å². The van der Waals surface area contributed by atoms with Crippen LogP contribution in [-0.4, -0.2) is 12.0 Å². The topological polar surface area (TPSA) is 17.1 Å². The molecule has 0 bridgehead atoms. The third-order valence-electron chi connectivity index (χ3n) is 5.73. The first-order valence-electron chi connectivity index (χ1n) is 10.9. The lowest BCUT2D eigenvalue weighted by Crippen LogP contribution is -2.01.